The third kappa shape index (κ3) is 7.39. The molecule has 272 valence electrons. The molecule has 0 spiro atoms. The molecule has 5 N–H and O–H groups in total. The molecule has 3 amide bonds. The van der Waals surface area contributed by atoms with Crippen LogP contribution in [0, 0.1) is 0 Å². The van der Waals surface area contributed by atoms with Crippen LogP contribution in [0.4, 0.5) is 17.5 Å². The summed E-state index contributed by atoms with van der Waals surface area (Å²) in [6, 6.07) is 15.3. The maximum Gasteiger partial charge on any atom is 0.255 e. The molecule has 5 heterocycles. The minimum absolute atomic E-state index is 0.166. The predicted molar refractivity (Wildman–Crippen MR) is 203 cm³/mol. The Balaban J connectivity index is 0.851. The largest absolute Gasteiger partial charge is 0.404 e. The fourth-order valence-electron chi connectivity index (χ4n) is 7.89. The summed E-state index contributed by atoms with van der Waals surface area (Å²) < 4.78 is 0. The van der Waals surface area contributed by atoms with Crippen LogP contribution in [0.3, 0.4) is 0 Å². The van der Waals surface area contributed by atoms with Gasteiger partial charge in [0.2, 0.25) is 17.8 Å². The summed E-state index contributed by atoms with van der Waals surface area (Å²) in [4.78, 5) is 65.0. The van der Waals surface area contributed by atoms with Crippen LogP contribution in [0.25, 0.3) is 16.6 Å². The van der Waals surface area contributed by atoms with Gasteiger partial charge >= 0.3 is 0 Å². The summed E-state index contributed by atoms with van der Waals surface area (Å²) in [5.74, 6) is 0.659. The lowest BCUT2D eigenvalue weighted by Crippen LogP contribution is -2.52. The average Bonchev–Trinajstić information content (AvgIpc) is 3.52. The summed E-state index contributed by atoms with van der Waals surface area (Å²) in [5.41, 5.74) is 11.5. The summed E-state index contributed by atoms with van der Waals surface area (Å²) in [6.07, 6.45) is 13.2. The Labute approximate surface area is 307 Å². The molecular weight excluding hydrogens is 671 g/mol. The standard InChI is InChI=1S/C39H43N11O3/c40-20-24(33-22-43-31-8-1-2-9-32(31)46-33)21-42-25-14-17-49(18-15-25)35-13-16-41-39(47-35)45-27-6-3-5-26(19-27)44-30-10-4-7-28-29(30)23-50(38(28)53)34-11-12-36(51)48-37(34)52/h1-2,4,7-10,13,16,20-22,25-27,34,44H,3,5-6,11-12,14-15,17-19,23,40H2,(H,41,45,47)(H,48,51,52). The molecule has 14 nitrogen and oxygen atoms in total. The molecule has 3 aliphatic heterocycles. The number of hydrogen-bond acceptors (Lipinski definition) is 12. The maximum atomic E-state index is 13.3. The van der Waals surface area contributed by atoms with E-state index in [0.29, 0.717) is 30.2 Å². The highest BCUT2D eigenvalue weighted by atomic mass is 16.2. The maximum absolute atomic E-state index is 13.3. The van der Waals surface area contributed by atoms with Gasteiger partial charge in [0, 0.05) is 79.1 Å². The molecule has 1 saturated carbocycles. The van der Waals surface area contributed by atoms with E-state index in [9.17, 15) is 14.4 Å². The van der Waals surface area contributed by atoms with Gasteiger partial charge in [-0.15, -0.1) is 0 Å². The molecule has 0 bridgehead atoms. The minimum atomic E-state index is -0.636. The predicted octanol–water partition coefficient (Wildman–Crippen LogP) is 4.06. The van der Waals surface area contributed by atoms with Gasteiger partial charge in [0.25, 0.3) is 5.91 Å². The van der Waals surface area contributed by atoms with E-state index in [2.05, 4.69) is 30.8 Å². The normalized spacial score (nSPS) is 22.7. The van der Waals surface area contributed by atoms with Gasteiger partial charge in [-0.1, -0.05) is 18.2 Å². The average molecular weight is 714 g/mol. The third-order valence-electron chi connectivity index (χ3n) is 10.7. The van der Waals surface area contributed by atoms with Crippen molar-refractivity contribution in [2.24, 2.45) is 10.7 Å². The van der Waals surface area contributed by atoms with Gasteiger partial charge in [-0.2, -0.15) is 4.98 Å². The smallest absolute Gasteiger partial charge is 0.255 e. The third-order valence-corrected chi connectivity index (χ3v) is 10.7. The number of rotatable bonds is 9. The zero-order valence-corrected chi connectivity index (χ0v) is 29.4. The van der Waals surface area contributed by atoms with Crippen LogP contribution in [0.1, 0.15) is 73.0 Å². The molecule has 2 saturated heterocycles. The van der Waals surface area contributed by atoms with Gasteiger partial charge in [-0.3, -0.25) is 29.7 Å². The first-order valence-corrected chi connectivity index (χ1v) is 18.5. The number of aromatic nitrogens is 4. The lowest BCUT2D eigenvalue weighted by molar-refractivity contribution is -0.136. The van der Waals surface area contributed by atoms with Gasteiger partial charge < -0.3 is 26.2 Å². The number of allylic oxidation sites excluding steroid dienone is 1. The number of aliphatic imine (C=N–C) groups is 1. The zero-order valence-electron chi connectivity index (χ0n) is 29.4. The van der Waals surface area contributed by atoms with E-state index in [1.54, 1.807) is 11.1 Å². The lowest BCUT2D eigenvalue weighted by Gasteiger charge is -2.33. The highest BCUT2D eigenvalue weighted by Gasteiger charge is 2.40. The second-order valence-corrected chi connectivity index (χ2v) is 14.2. The number of hydrogen-bond donors (Lipinski definition) is 4. The van der Waals surface area contributed by atoms with Gasteiger partial charge in [0.15, 0.2) is 0 Å². The van der Waals surface area contributed by atoms with Crippen molar-refractivity contribution in [3.8, 4) is 0 Å². The Morgan fingerprint density at radius 3 is 2.53 bits per heavy atom. The number of para-hydroxylation sites is 2. The molecular formula is C39H43N11O3. The van der Waals surface area contributed by atoms with Gasteiger partial charge in [0.1, 0.15) is 11.9 Å². The van der Waals surface area contributed by atoms with E-state index in [1.165, 1.54) is 6.20 Å². The second kappa shape index (κ2) is 15.0. The minimum Gasteiger partial charge on any atom is -0.404 e. The van der Waals surface area contributed by atoms with Crippen molar-refractivity contribution in [2.75, 3.05) is 28.6 Å². The van der Waals surface area contributed by atoms with E-state index in [-0.39, 0.29) is 36.4 Å². The van der Waals surface area contributed by atoms with Crippen molar-refractivity contribution in [3.05, 3.63) is 83.9 Å². The van der Waals surface area contributed by atoms with Crippen molar-refractivity contribution < 1.29 is 14.4 Å². The van der Waals surface area contributed by atoms with E-state index in [0.717, 1.165) is 85.3 Å². The molecule has 3 atom stereocenters. The first-order valence-electron chi connectivity index (χ1n) is 18.5. The van der Waals surface area contributed by atoms with Crippen molar-refractivity contribution in [2.45, 2.75) is 82.1 Å². The Kier molecular flexibility index (Phi) is 9.66. The molecule has 4 aromatic rings. The van der Waals surface area contributed by atoms with Crippen molar-refractivity contribution in [1.82, 2.24) is 30.2 Å². The van der Waals surface area contributed by atoms with Crippen LogP contribution in [0.5, 0.6) is 0 Å². The van der Waals surface area contributed by atoms with Crippen LogP contribution in [-0.2, 0) is 16.1 Å². The fourth-order valence-corrected chi connectivity index (χ4v) is 7.89. The number of piperidine rings is 2. The van der Waals surface area contributed by atoms with Crippen LogP contribution in [0.15, 0.2) is 72.1 Å². The summed E-state index contributed by atoms with van der Waals surface area (Å²) >= 11 is 0. The number of benzene rings is 2. The molecule has 4 aliphatic rings. The van der Waals surface area contributed by atoms with Crippen LogP contribution in [-0.4, -0.2) is 86.0 Å². The number of anilines is 3. The Hall–Kier alpha value is -5.92. The molecule has 14 heteroatoms. The molecule has 3 unspecified atom stereocenters. The number of fused-ring (bicyclic) bond motifs is 2. The number of nitrogens with one attached hydrogen (secondary N) is 3. The lowest BCUT2D eigenvalue weighted by atomic mass is 9.90. The SMILES string of the molecule is NC=C(C=NC1CCN(c2ccnc(NC3CCCC(Nc4cccc5c4CN(C4CCC(=O)NC4=O)C5=O)C3)n2)CC1)c1cnc2ccccc2n1. The van der Waals surface area contributed by atoms with E-state index in [4.69, 9.17) is 20.7 Å². The van der Waals surface area contributed by atoms with Crippen LogP contribution in [0.2, 0.25) is 0 Å². The van der Waals surface area contributed by atoms with Gasteiger partial charge in [-0.05, 0) is 75.3 Å². The molecule has 0 radical (unpaired) electrons. The van der Waals surface area contributed by atoms with Crippen molar-refractivity contribution in [3.63, 3.8) is 0 Å². The summed E-state index contributed by atoms with van der Waals surface area (Å²) in [6.45, 7) is 2.00. The number of amides is 3. The monoisotopic (exact) mass is 713 g/mol. The number of nitrogens with zero attached hydrogens (tertiary/aromatic N) is 7. The quantitative estimate of drug-likeness (QED) is 0.145. The highest BCUT2D eigenvalue weighted by Crippen LogP contribution is 2.34. The molecule has 2 aromatic heterocycles. The highest BCUT2D eigenvalue weighted by molar-refractivity contribution is 6.09. The fraction of sp³-hybridized carbons (Fsp3) is 0.385. The molecule has 8 rings (SSSR count). The Morgan fingerprint density at radius 2 is 1.72 bits per heavy atom. The number of nitrogens with two attached hydrogens (primary N) is 1. The Bertz CT molecular complexity index is 2090. The van der Waals surface area contributed by atoms with Crippen LogP contribution < -0.4 is 26.6 Å². The first kappa shape index (κ1) is 34.2. The molecule has 2 aromatic carbocycles. The van der Waals surface area contributed by atoms with Crippen molar-refractivity contribution in [1.29, 1.82) is 0 Å². The first-order chi connectivity index (χ1) is 25.9. The zero-order chi connectivity index (χ0) is 36.3. The second-order valence-electron chi connectivity index (χ2n) is 14.2. The topological polar surface area (TPSA) is 184 Å². The number of carbonyl (C=O) groups excluding carboxylic acids is 3. The van der Waals surface area contributed by atoms with E-state index in [1.807, 2.05) is 60.9 Å². The van der Waals surface area contributed by atoms with Crippen LogP contribution >= 0.6 is 0 Å². The molecule has 3 fully saturated rings. The number of carbonyl (C=O) groups is 3. The summed E-state index contributed by atoms with van der Waals surface area (Å²) in [5, 5.41) is 9.69. The van der Waals surface area contributed by atoms with E-state index >= 15 is 0 Å². The van der Waals surface area contributed by atoms with Gasteiger partial charge in [0.05, 0.1) is 29.0 Å². The van der Waals surface area contributed by atoms with E-state index < -0.39 is 11.9 Å². The molecule has 1 aliphatic carbocycles. The summed E-state index contributed by atoms with van der Waals surface area (Å²) in [7, 11) is 0. The number of imide groups is 1. The molecule has 53 heavy (non-hydrogen) atoms. The van der Waals surface area contributed by atoms with Crippen molar-refractivity contribution >= 4 is 58.0 Å². The Morgan fingerprint density at radius 1 is 0.906 bits per heavy atom. The van der Waals surface area contributed by atoms with Gasteiger partial charge in [-0.25, -0.2) is 9.97 Å².